The Bertz CT molecular complexity index is 774. The summed E-state index contributed by atoms with van der Waals surface area (Å²) < 4.78 is 5.80. The first-order valence-corrected chi connectivity index (χ1v) is 9.26. The number of benzene rings is 1. The third-order valence-corrected chi connectivity index (χ3v) is 6.00. The van der Waals surface area contributed by atoms with Crippen LogP contribution in [0.15, 0.2) is 52.2 Å². The standard InChI is InChI=1S/C19H21BrClNO3/c1-18(2)15(11-5-4-6-12(20)9-11)22-14-7-8-19(21,17(24)25-3)10-13(14)16(18)23/h4-9,15-16,22-23H,10H2,1-3H3. The van der Waals surface area contributed by atoms with Crippen LogP contribution in [0, 0.1) is 5.41 Å². The molecule has 0 amide bonds. The van der Waals surface area contributed by atoms with Crippen LogP contribution in [0.4, 0.5) is 0 Å². The SMILES string of the molecule is COC(=O)C1(Cl)C=CC2=C(C1)C(O)C(C)(C)C(c1cccc(Br)c1)N2. The summed E-state index contributed by atoms with van der Waals surface area (Å²) in [5, 5.41) is 14.6. The van der Waals surface area contributed by atoms with E-state index in [2.05, 4.69) is 21.2 Å². The number of nitrogens with one attached hydrogen (secondary N) is 1. The number of aliphatic hydroxyl groups is 1. The molecule has 1 aromatic carbocycles. The Morgan fingerprint density at radius 2 is 2.16 bits per heavy atom. The Labute approximate surface area is 161 Å². The summed E-state index contributed by atoms with van der Waals surface area (Å²) in [6.07, 6.45) is 2.89. The highest BCUT2D eigenvalue weighted by atomic mass is 79.9. The fourth-order valence-corrected chi connectivity index (χ4v) is 4.30. The Balaban J connectivity index is 1.99. The van der Waals surface area contributed by atoms with Crippen LogP contribution in [0.2, 0.25) is 0 Å². The van der Waals surface area contributed by atoms with Gasteiger partial charge in [-0.25, -0.2) is 4.79 Å². The predicted octanol–water partition coefficient (Wildman–Crippen LogP) is 3.85. The number of carbonyl (C=O) groups excluding carboxylic acids is 1. The maximum atomic E-state index is 12.0. The van der Waals surface area contributed by atoms with Crippen molar-refractivity contribution < 1.29 is 14.6 Å². The molecule has 0 spiro atoms. The summed E-state index contributed by atoms with van der Waals surface area (Å²) >= 11 is 9.94. The zero-order valence-corrected chi connectivity index (χ0v) is 16.7. The molecule has 0 radical (unpaired) electrons. The molecule has 1 aliphatic carbocycles. The highest BCUT2D eigenvalue weighted by Crippen LogP contribution is 2.48. The summed E-state index contributed by atoms with van der Waals surface area (Å²) in [4.78, 5) is 10.8. The molecule has 0 fully saturated rings. The Morgan fingerprint density at radius 1 is 1.44 bits per heavy atom. The lowest BCUT2D eigenvalue weighted by Gasteiger charge is -2.47. The van der Waals surface area contributed by atoms with E-state index in [-0.39, 0.29) is 12.5 Å². The predicted molar refractivity (Wildman–Crippen MR) is 101 cm³/mol. The van der Waals surface area contributed by atoms with Crippen molar-refractivity contribution in [3.63, 3.8) is 0 Å². The molecule has 25 heavy (non-hydrogen) atoms. The molecule has 3 rings (SSSR count). The number of alkyl halides is 1. The van der Waals surface area contributed by atoms with E-state index >= 15 is 0 Å². The molecule has 2 aliphatic rings. The smallest absolute Gasteiger partial charge is 0.331 e. The molecule has 1 heterocycles. The van der Waals surface area contributed by atoms with Crippen molar-refractivity contribution in [2.24, 2.45) is 5.41 Å². The summed E-state index contributed by atoms with van der Waals surface area (Å²) in [7, 11) is 1.31. The van der Waals surface area contributed by atoms with Crippen molar-refractivity contribution in [3.8, 4) is 0 Å². The van der Waals surface area contributed by atoms with Crippen LogP contribution < -0.4 is 5.32 Å². The van der Waals surface area contributed by atoms with Gasteiger partial charge >= 0.3 is 5.97 Å². The third-order valence-electron chi connectivity index (χ3n) is 5.09. The number of rotatable bonds is 2. The number of methoxy groups -OCH3 is 1. The van der Waals surface area contributed by atoms with Gasteiger partial charge in [-0.2, -0.15) is 0 Å². The normalized spacial score (nSPS) is 30.5. The van der Waals surface area contributed by atoms with E-state index in [0.717, 1.165) is 21.3 Å². The van der Waals surface area contributed by atoms with Gasteiger partial charge in [0.1, 0.15) is 0 Å². The second-order valence-electron chi connectivity index (χ2n) is 7.16. The largest absolute Gasteiger partial charge is 0.467 e. The van der Waals surface area contributed by atoms with Crippen molar-refractivity contribution >= 4 is 33.5 Å². The Hall–Kier alpha value is -1.30. The molecule has 3 atom stereocenters. The van der Waals surface area contributed by atoms with Crippen LogP contribution in [0.1, 0.15) is 31.9 Å². The topological polar surface area (TPSA) is 58.6 Å². The number of halogens is 2. The number of hydrogen-bond donors (Lipinski definition) is 2. The average molecular weight is 427 g/mol. The molecule has 4 nitrogen and oxygen atoms in total. The molecule has 3 unspecified atom stereocenters. The molecule has 0 aromatic heterocycles. The minimum atomic E-state index is -1.27. The monoisotopic (exact) mass is 425 g/mol. The van der Waals surface area contributed by atoms with Crippen molar-refractivity contribution in [2.45, 2.75) is 37.3 Å². The number of aliphatic hydroxyl groups excluding tert-OH is 1. The van der Waals surface area contributed by atoms with E-state index in [9.17, 15) is 9.90 Å². The minimum Gasteiger partial charge on any atom is -0.467 e. The zero-order chi connectivity index (χ0) is 18.4. The van der Waals surface area contributed by atoms with Crippen LogP contribution in [-0.4, -0.2) is 29.2 Å². The van der Waals surface area contributed by atoms with E-state index in [0.29, 0.717) is 0 Å². The van der Waals surface area contributed by atoms with Crippen molar-refractivity contribution in [1.29, 1.82) is 0 Å². The molecular weight excluding hydrogens is 406 g/mol. The average Bonchev–Trinajstić information content (AvgIpc) is 2.58. The molecule has 1 aromatic rings. The fraction of sp³-hybridized carbons (Fsp3) is 0.421. The highest BCUT2D eigenvalue weighted by molar-refractivity contribution is 9.10. The van der Waals surface area contributed by atoms with Gasteiger partial charge in [-0.05, 0) is 29.3 Å². The lowest BCUT2D eigenvalue weighted by Crippen LogP contribution is -2.50. The number of ether oxygens (including phenoxy) is 1. The first kappa shape index (κ1) is 18.5. The van der Waals surface area contributed by atoms with Crippen LogP contribution in [-0.2, 0) is 9.53 Å². The summed E-state index contributed by atoms with van der Waals surface area (Å²) in [5.74, 6) is -0.518. The third kappa shape index (κ3) is 3.14. The van der Waals surface area contributed by atoms with Crippen LogP contribution in [0.3, 0.4) is 0 Å². The number of allylic oxidation sites excluding steroid dienone is 1. The highest BCUT2D eigenvalue weighted by Gasteiger charge is 2.48. The zero-order valence-electron chi connectivity index (χ0n) is 14.3. The van der Waals surface area contributed by atoms with Gasteiger partial charge in [-0.3, -0.25) is 0 Å². The molecule has 134 valence electrons. The summed E-state index contributed by atoms with van der Waals surface area (Å²) in [6.45, 7) is 4.01. The van der Waals surface area contributed by atoms with Crippen LogP contribution in [0.5, 0.6) is 0 Å². The van der Waals surface area contributed by atoms with Crippen molar-refractivity contribution in [3.05, 3.63) is 57.7 Å². The number of hydrogen-bond acceptors (Lipinski definition) is 4. The van der Waals surface area contributed by atoms with Gasteiger partial charge in [-0.1, -0.05) is 48.0 Å². The Kier molecular flexibility index (Phi) is 4.77. The van der Waals surface area contributed by atoms with Crippen molar-refractivity contribution in [2.75, 3.05) is 7.11 Å². The lowest BCUT2D eigenvalue weighted by atomic mass is 9.68. The second kappa shape index (κ2) is 6.45. The second-order valence-corrected chi connectivity index (χ2v) is 8.75. The molecule has 0 bridgehead atoms. The number of carbonyl (C=O) groups is 1. The summed E-state index contributed by atoms with van der Waals surface area (Å²) in [5.41, 5.74) is 2.14. The van der Waals surface area contributed by atoms with Crippen LogP contribution in [0.25, 0.3) is 0 Å². The first-order valence-electron chi connectivity index (χ1n) is 8.09. The maximum absolute atomic E-state index is 12.0. The Morgan fingerprint density at radius 3 is 2.80 bits per heavy atom. The van der Waals surface area contributed by atoms with Crippen molar-refractivity contribution in [1.82, 2.24) is 5.32 Å². The first-order chi connectivity index (χ1) is 11.7. The van der Waals surface area contributed by atoms with Gasteiger partial charge in [0.15, 0.2) is 4.87 Å². The van der Waals surface area contributed by atoms with Crippen LogP contribution >= 0.6 is 27.5 Å². The van der Waals surface area contributed by atoms with Gasteiger partial charge in [0.05, 0.1) is 19.3 Å². The quantitative estimate of drug-likeness (QED) is 0.557. The molecule has 2 N–H and O–H groups in total. The van der Waals surface area contributed by atoms with E-state index in [1.807, 2.05) is 38.1 Å². The number of esters is 1. The van der Waals surface area contributed by atoms with Gasteiger partial charge in [0, 0.05) is 22.0 Å². The summed E-state index contributed by atoms with van der Waals surface area (Å²) in [6, 6.07) is 7.95. The van der Waals surface area contributed by atoms with E-state index in [4.69, 9.17) is 16.3 Å². The molecular formula is C19H21BrClNO3. The van der Waals surface area contributed by atoms with E-state index < -0.39 is 22.4 Å². The molecule has 0 saturated carbocycles. The lowest BCUT2D eigenvalue weighted by molar-refractivity contribution is -0.142. The van der Waals surface area contributed by atoms with E-state index in [1.165, 1.54) is 7.11 Å². The van der Waals surface area contributed by atoms with Gasteiger partial charge < -0.3 is 15.2 Å². The molecule has 0 saturated heterocycles. The molecule has 6 heteroatoms. The van der Waals surface area contributed by atoms with Gasteiger partial charge in [-0.15, -0.1) is 11.6 Å². The molecule has 1 aliphatic heterocycles. The minimum absolute atomic E-state index is 0.0793. The van der Waals surface area contributed by atoms with Gasteiger partial charge in [0.25, 0.3) is 0 Å². The van der Waals surface area contributed by atoms with Gasteiger partial charge in [0.2, 0.25) is 0 Å². The van der Waals surface area contributed by atoms with E-state index in [1.54, 1.807) is 12.2 Å². The maximum Gasteiger partial charge on any atom is 0.331 e. The fourth-order valence-electron chi connectivity index (χ4n) is 3.60.